The fraction of sp³-hybridized carbons (Fsp3) is 0.143. The lowest BCUT2D eigenvalue weighted by atomic mass is 10.0. The highest BCUT2D eigenvalue weighted by atomic mass is 32.1. The molecular weight excluding hydrogens is 360 g/mol. The van der Waals surface area contributed by atoms with Crippen molar-refractivity contribution in [3.8, 4) is 11.5 Å². The fourth-order valence-corrected chi connectivity index (χ4v) is 3.91. The van der Waals surface area contributed by atoms with Gasteiger partial charge in [-0.05, 0) is 36.6 Å². The lowest BCUT2D eigenvalue weighted by Gasteiger charge is -2.11. The van der Waals surface area contributed by atoms with Crippen LogP contribution in [0.3, 0.4) is 0 Å². The number of aromatic nitrogens is 1. The van der Waals surface area contributed by atoms with E-state index in [-0.39, 0.29) is 5.91 Å². The Balaban J connectivity index is 1.66. The first-order chi connectivity index (χ1) is 13.2. The molecule has 0 radical (unpaired) electrons. The average molecular weight is 378 g/mol. The molecule has 0 saturated heterocycles. The predicted molar refractivity (Wildman–Crippen MR) is 109 cm³/mol. The van der Waals surface area contributed by atoms with Gasteiger partial charge in [-0.15, -0.1) is 0 Å². The van der Waals surface area contributed by atoms with E-state index < -0.39 is 0 Å². The van der Waals surface area contributed by atoms with Crippen LogP contribution in [0.4, 0.5) is 5.13 Å². The minimum Gasteiger partial charge on any atom is -0.495 e. The Hall–Kier alpha value is -3.12. The number of benzene rings is 3. The van der Waals surface area contributed by atoms with Crippen molar-refractivity contribution in [1.29, 1.82) is 0 Å². The van der Waals surface area contributed by atoms with Crippen molar-refractivity contribution in [2.75, 3.05) is 19.0 Å². The monoisotopic (exact) mass is 378 g/mol. The van der Waals surface area contributed by atoms with Gasteiger partial charge in [-0.25, -0.2) is 4.98 Å². The Kier molecular flexibility index (Phi) is 4.64. The van der Waals surface area contributed by atoms with Crippen LogP contribution in [0.2, 0.25) is 0 Å². The van der Waals surface area contributed by atoms with E-state index in [1.54, 1.807) is 13.2 Å². The van der Waals surface area contributed by atoms with Gasteiger partial charge in [-0.2, -0.15) is 0 Å². The molecule has 1 aromatic heterocycles. The van der Waals surface area contributed by atoms with E-state index in [1.807, 2.05) is 55.5 Å². The van der Waals surface area contributed by atoms with E-state index >= 15 is 0 Å². The summed E-state index contributed by atoms with van der Waals surface area (Å²) >= 11 is 1.41. The molecule has 0 atom stereocenters. The topological polar surface area (TPSA) is 60.5 Å². The van der Waals surface area contributed by atoms with Gasteiger partial charge < -0.3 is 9.47 Å². The van der Waals surface area contributed by atoms with Gasteiger partial charge >= 0.3 is 0 Å². The molecule has 4 rings (SSSR count). The quantitative estimate of drug-likeness (QED) is 0.524. The molecule has 0 bridgehead atoms. The number of amides is 1. The van der Waals surface area contributed by atoms with Crippen molar-refractivity contribution in [3.05, 3.63) is 60.2 Å². The zero-order chi connectivity index (χ0) is 18.8. The lowest BCUT2D eigenvalue weighted by molar-refractivity contribution is 0.102. The maximum atomic E-state index is 12.8. The van der Waals surface area contributed by atoms with Gasteiger partial charge in [0.25, 0.3) is 5.91 Å². The van der Waals surface area contributed by atoms with E-state index in [2.05, 4.69) is 10.3 Å². The van der Waals surface area contributed by atoms with Crippen molar-refractivity contribution in [2.45, 2.75) is 6.92 Å². The molecule has 6 heteroatoms. The maximum absolute atomic E-state index is 12.8. The molecule has 1 N–H and O–H groups in total. The number of nitrogens with one attached hydrogen (secondary N) is 1. The summed E-state index contributed by atoms with van der Waals surface area (Å²) in [6.45, 7) is 2.55. The molecule has 0 spiro atoms. The minimum absolute atomic E-state index is 0.248. The van der Waals surface area contributed by atoms with Gasteiger partial charge in [-0.3, -0.25) is 10.1 Å². The molecule has 0 saturated carbocycles. The second-order valence-corrected chi connectivity index (χ2v) is 6.93. The molecule has 1 amide bonds. The third kappa shape index (κ3) is 3.31. The second-order valence-electron chi connectivity index (χ2n) is 5.90. The van der Waals surface area contributed by atoms with Crippen LogP contribution in [0.15, 0.2) is 54.6 Å². The molecule has 27 heavy (non-hydrogen) atoms. The van der Waals surface area contributed by atoms with Crippen LogP contribution in [-0.2, 0) is 0 Å². The van der Waals surface area contributed by atoms with Gasteiger partial charge in [0.15, 0.2) is 5.13 Å². The first-order valence-electron chi connectivity index (χ1n) is 8.60. The Labute approximate surface area is 160 Å². The van der Waals surface area contributed by atoms with Gasteiger partial charge in [0.2, 0.25) is 0 Å². The highest BCUT2D eigenvalue weighted by molar-refractivity contribution is 7.22. The fourth-order valence-electron chi connectivity index (χ4n) is 3.02. The molecular formula is C21H18N2O3S. The van der Waals surface area contributed by atoms with E-state index in [0.29, 0.717) is 23.1 Å². The first kappa shape index (κ1) is 17.3. The van der Waals surface area contributed by atoms with Crippen LogP contribution < -0.4 is 14.8 Å². The highest BCUT2D eigenvalue weighted by Gasteiger charge is 2.17. The SMILES string of the molecule is CCOc1ccc2nc(NC(=O)c3ccc4ccccc4c3OC)sc2c1. The summed E-state index contributed by atoms with van der Waals surface area (Å²) in [6, 6.07) is 17.2. The Morgan fingerprint density at radius 2 is 2.00 bits per heavy atom. The number of nitrogens with zero attached hydrogens (tertiary/aromatic N) is 1. The summed E-state index contributed by atoms with van der Waals surface area (Å²) in [5.74, 6) is 1.11. The summed E-state index contributed by atoms with van der Waals surface area (Å²) in [4.78, 5) is 17.3. The number of thiazole rings is 1. The van der Waals surface area contributed by atoms with Crippen molar-refractivity contribution in [1.82, 2.24) is 4.98 Å². The van der Waals surface area contributed by atoms with Gasteiger partial charge in [-0.1, -0.05) is 41.7 Å². The van der Waals surface area contributed by atoms with Crippen molar-refractivity contribution in [3.63, 3.8) is 0 Å². The smallest absolute Gasteiger partial charge is 0.261 e. The Morgan fingerprint density at radius 3 is 2.81 bits per heavy atom. The third-order valence-electron chi connectivity index (χ3n) is 4.22. The largest absolute Gasteiger partial charge is 0.495 e. The second kappa shape index (κ2) is 7.25. The Bertz CT molecular complexity index is 1140. The number of fused-ring (bicyclic) bond motifs is 2. The predicted octanol–water partition coefficient (Wildman–Crippen LogP) is 5.11. The van der Waals surface area contributed by atoms with Crippen LogP contribution in [0.1, 0.15) is 17.3 Å². The summed E-state index contributed by atoms with van der Waals surface area (Å²) in [7, 11) is 1.57. The van der Waals surface area contributed by atoms with Crippen LogP contribution in [-0.4, -0.2) is 24.6 Å². The standard InChI is InChI=1S/C21H18N2O3S/c1-3-26-14-9-11-17-18(12-14)27-21(22-17)23-20(24)16-10-8-13-6-4-5-7-15(13)19(16)25-2/h4-12H,3H2,1-2H3,(H,22,23,24). The summed E-state index contributed by atoms with van der Waals surface area (Å²) < 4.78 is 12.0. The molecule has 0 fully saturated rings. The summed E-state index contributed by atoms with van der Waals surface area (Å²) in [5, 5.41) is 5.35. The van der Waals surface area contributed by atoms with Gasteiger partial charge in [0, 0.05) is 5.39 Å². The molecule has 0 aliphatic rings. The van der Waals surface area contributed by atoms with Crippen LogP contribution >= 0.6 is 11.3 Å². The molecule has 4 aromatic rings. The molecule has 0 unspecified atom stereocenters. The number of anilines is 1. The van der Waals surface area contributed by atoms with Gasteiger partial charge in [0.05, 0.1) is 29.5 Å². The maximum Gasteiger partial charge on any atom is 0.261 e. The zero-order valence-electron chi connectivity index (χ0n) is 15.0. The van der Waals surface area contributed by atoms with E-state index in [9.17, 15) is 4.79 Å². The minimum atomic E-state index is -0.248. The van der Waals surface area contributed by atoms with Crippen LogP contribution in [0, 0.1) is 0 Å². The number of carbonyl (C=O) groups is 1. The average Bonchev–Trinajstić information content (AvgIpc) is 3.08. The highest BCUT2D eigenvalue weighted by Crippen LogP contribution is 2.32. The zero-order valence-corrected chi connectivity index (χ0v) is 15.8. The van der Waals surface area contributed by atoms with Crippen molar-refractivity contribution in [2.24, 2.45) is 0 Å². The summed E-state index contributed by atoms with van der Waals surface area (Å²) in [5.41, 5.74) is 1.30. The lowest BCUT2D eigenvalue weighted by Crippen LogP contribution is -2.13. The molecule has 0 aliphatic carbocycles. The molecule has 136 valence electrons. The van der Waals surface area contributed by atoms with Gasteiger partial charge in [0.1, 0.15) is 11.5 Å². The van der Waals surface area contributed by atoms with E-state index in [1.165, 1.54) is 11.3 Å². The molecule has 1 heterocycles. The number of hydrogen-bond donors (Lipinski definition) is 1. The third-order valence-corrected chi connectivity index (χ3v) is 5.15. The first-order valence-corrected chi connectivity index (χ1v) is 9.41. The van der Waals surface area contributed by atoms with Crippen molar-refractivity contribution < 1.29 is 14.3 Å². The molecule has 3 aromatic carbocycles. The number of carbonyl (C=O) groups excluding carboxylic acids is 1. The normalized spacial score (nSPS) is 10.9. The molecule has 5 nitrogen and oxygen atoms in total. The molecule has 0 aliphatic heterocycles. The van der Waals surface area contributed by atoms with Crippen LogP contribution in [0.25, 0.3) is 21.0 Å². The number of rotatable bonds is 5. The van der Waals surface area contributed by atoms with E-state index in [0.717, 1.165) is 26.7 Å². The van der Waals surface area contributed by atoms with Crippen LogP contribution in [0.5, 0.6) is 11.5 Å². The Morgan fingerprint density at radius 1 is 1.15 bits per heavy atom. The van der Waals surface area contributed by atoms with E-state index in [4.69, 9.17) is 9.47 Å². The van der Waals surface area contributed by atoms with Crippen molar-refractivity contribution >= 4 is 43.4 Å². The number of methoxy groups -OCH3 is 1. The number of hydrogen-bond acceptors (Lipinski definition) is 5. The summed E-state index contributed by atoms with van der Waals surface area (Å²) in [6.07, 6.45) is 0. The number of ether oxygens (including phenoxy) is 2.